The third-order valence-electron chi connectivity index (χ3n) is 3.18. The number of hydrogen-bond acceptors (Lipinski definition) is 5. The lowest BCUT2D eigenvalue weighted by Crippen LogP contribution is -2.12. The maximum absolute atomic E-state index is 12.2. The number of carbonyl (C=O) groups is 1. The molecule has 2 aromatic heterocycles. The number of fused-ring (bicyclic) bond motifs is 1. The van der Waals surface area contributed by atoms with E-state index >= 15 is 0 Å². The van der Waals surface area contributed by atoms with Gasteiger partial charge in [-0.3, -0.25) is 19.3 Å². The lowest BCUT2D eigenvalue weighted by atomic mass is 10.2. The molecule has 0 atom stereocenters. The van der Waals surface area contributed by atoms with Crippen molar-refractivity contribution in [3.63, 3.8) is 0 Å². The molecule has 3 rings (SSSR count). The fourth-order valence-corrected chi connectivity index (χ4v) is 2.02. The van der Waals surface area contributed by atoms with E-state index in [2.05, 4.69) is 15.5 Å². The van der Waals surface area contributed by atoms with Crippen molar-refractivity contribution in [3.8, 4) is 0 Å². The Morgan fingerprint density at radius 2 is 1.95 bits per heavy atom. The molecule has 2 heterocycles. The Balaban J connectivity index is 1.81. The molecule has 1 N–H and O–H groups in total. The monoisotopic (exact) mass is 297 g/mol. The van der Waals surface area contributed by atoms with E-state index in [1.807, 2.05) is 6.92 Å². The van der Waals surface area contributed by atoms with E-state index in [9.17, 15) is 14.9 Å². The first-order valence-electron chi connectivity index (χ1n) is 6.42. The van der Waals surface area contributed by atoms with E-state index in [4.69, 9.17) is 0 Å². The van der Waals surface area contributed by atoms with Gasteiger partial charge in [-0.15, -0.1) is 10.2 Å². The van der Waals surface area contributed by atoms with Crippen LogP contribution < -0.4 is 5.32 Å². The molecular weight excluding hydrogens is 286 g/mol. The van der Waals surface area contributed by atoms with Crippen LogP contribution >= 0.6 is 0 Å². The molecule has 22 heavy (non-hydrogen) atoms. The minimum absolute atomic E-state index is 0.0293. The van der Waals surface area contributed by atoms with E-state index in [0.717, 1.165) is 5.82 Å². The van der Waals surface area contributed by atoms with Crippen molar-refractivity contribution in [3.05, 3.63) is 64.1 Å². The number of aromatic nitrogens is 3. The molecule has 0 bridgehead atoms. The molecule has 0 radical (unpaired) electrons. The lowest BCUT2D eigenvalue weighted by molar-refractivity contribution is -0.384. The third kappa shape index (κ3) is 2.49. The highest BCUT2D eigenvalue weighted by Gasteiger charge is 2.10. The summed E-state index contributed by atoms with van der Waals surface area (Å²) in [4.78, 5) is 22.3. The zero-order chi connectivity index (χ0) is 15.7. The van der Waals surface area contributed by atoms with Crippen molar-refractivity contribution in [1.29, 1.82) is 0 Å². The van der Waals surface area contributed by atoms with Gasteiger partial charge in [-0.2, -0.15) is 0 Å². The summed E-state index contributed by atoms with van der Waals surface area (Å²) in [5.74, 6) is 0.411. The summed E-state index contributed by atoms with van der Waals surface area (Å²) < 4.78 is 1.77. The molecule has 0 saturated carbocycles. The third-order valence-corrected chi connectivity index (χ3v) is 3.18. The van der Waals surface area contributed by atoms with E-state index in [1.165, 1.54) is 24.3 Å². The molecule has 110 valence electrons. The number of pyridine rings is 1. The van der Waals surface area contributed by atoms with Crippen LogP contribution in [0.1, 0.15) is 16.2 Å². The van der Waals surface area contributed by atoms with Crippen LogP contribution in [-0.4, -0.2) is 25.4 Å². The summed E-state index contributed by atoms with van der Waals surface area (Å²) >= 11 is 0. The number of nitro groups is 1. The van der Waals surface area contributed by atoms with Crippen molar-refractivity contribution >= 4 is 22.9 Å². The van der Waals surface area contributed by atoms with Gasteiger partial charge in [0, 0.05) is 29.6 Å². The molecule has 0 spiro atoms. The zero-order valence-corrected chi connectivity index (χ0v) is 11.6. The van der Waals surface area contributed by atoms with Gasteiger partial charge in [0.1, 0.15) is 5.82 Å². The molecule has 0 aliphatic rings. The molecule has 0 fully saturated rings. The smallest absolute Gasteiger partial charge is 0.269 e. The number of nitro benzene ring substituents is 1. The summed E-state index contributed by atoms with van der Waals surface area (Å²) in [6.45, 7) is 1.82. The van der Waals surface area contributed by atoms with Crippen LogP contribution in [0, 0.1) is 17.0 Å². The highest BCUT2D eigenvalue weighted by atomic mass is 16.6. The minimum atomic E-state index is -0.493. The van der Waals surface area contributed by atoms with E-state index in [0.29, 0.717) is 16.9 Å². The highest BCUT2D eigenvalue weighted by Crippen LogP contribution is 2.16. The fraction of sp³-hybridized carbons (Fsp3) is 0.0714. The molecule has 3 aromatic rings. The molecule has 1 aromatic carbocycles. The van der Waals surface area contributed by atoms with Crippen molar-refractivity contribution < 1.29 is 9.72 Å². The first kappa shape index (κ1) is 13.7. The van der Waals surface area contributed by atoms with Gasteiger partial charge in [0.05, 0.1) is 4.92 Å². The van der Waals surface area contributed by atoms with Gasteiger partial charge in [0.15, 0.2) is 5.65 Å². The molecule has 8 heteroatoms. The Labute approximate surface area is 124 Å². The van der Waals surface area contributed by atoms with Gasteiger partial charge in [-0.1, -0.05) is 0 Å². The fourth-order valence-electron chi connectivity index (χ4n) is 2.02. The van der Waals surface area contributed by atoms with Crippen LogP contribution in [0.15, 0.2) is 42.6 Å². The topological polar surface area (TPSA) is 102 Å². The van der Waals surface area contributed by atoms with Crippen LogP contribution in [0.4, 0.5) is 11.4 Å². The number of anilines is 1. The van der Waals surface area contributed by atoms with Crippen molar-refractivity contribution in [2.45, 2.75) is 6.92 Å². The molecule has 0 unspecified atom stereocenters. The van der Waals surface area contributed by atoms with Gasteiger partial charge < -0.3 is 5.32 Å². The summed E-state index contributed by atoms with van der Waals surface area (Å²) in [7, 11) is 0. The zero-order valence-electron chi connectivity index (χ0n) is 11.6. The number of hydrogen-bond donors (Lipinski definition) is 1. The molecule has 1 amide bonds. The summed E-state index contributed by atoms with van der Waals surface area (Å²) in [6, 6.07) is 8.91. The Hall–Kier alpha value is -3.29. The van der Waals surface area contributed by atoms with Crippen molar-refractivity contribution in [2.75, 3.05) is 5.32 Å². The second kappa shape index (κ2) is 5.24. The molecular formula is C14H11N5O3. The van der Waals surface area contributed by atoms with Crippen LogP contribution in [0.25, 0.3) is 5.65 Å². The first-order valence-corrected chi connectivity index (χ1v) is 6.42. The van der Waals surface area contributed by atoms with Crippen molar-refractivity contribution in [1.82, 2.24) is 14.6 Å². The number of rotatable bonds is 3. The Morgan fingerprint density at radius 1 is 1.23 bits per heavy atom. The Kier molecular flexibility index (Phi) is 3.26. The van der Waals surface area contributed by atoms with Gasteiger partial charge in [-0.25, -0.2) is 0 Å². The maximum atomic E-state index is 12.2. The average Bonchev–Trinajstić information content (AvgIpc) is 2.88. The van der Waals surface area contributed by atoms with E-state index in [-0.39, 0.29) is 11.6 Å². The predicted molar refractivity (Wildman–Crippen MR) is 78.8 cm³/mol. The van der Waals surface area contributed by atoms with Crippen LogP contribution in [0.2, 0.25) is 0 Å². The lowest BCUT2D eigenvalue weighted by Gasteiger charge is -2.05. The van der Waals surface area contributed by atoms with Crippen LogP contribution in [0.5, 0.6) is 0 Å². The summed E-state index contributed by atoms with van der Waals surface area (Å²) in [6.07, 6.45) is 1.72. The largest absolute Gasteiger partial charge is 0.322 e. The maximum Gasteiger partial charge on any atom is 0.269 e. The van der Waals surface area contributed by atoms with Gasteiger partial charge in [-0.05, 0) is 31.2 Å². The van der Waals surface area contributed by atoms with E-state index in [1.54, 1.807) is 22.7 Å². The normalized spacial score (nSPS) is 10.6. The van der Waals surface area contributed by atoms with Gasteiger partial charge in [0.25, 0.3) is 11.6 Å². The first-order chi connectivity index (χ1) is 10.5. The molecule has 0 aliphatic carbocycles. The Morgan fingerprint density at radius 3 is 2.64 bits per heavy atom. The number of nitrogens with one attached hydrogen (secondary N) is 1. The Bertz CT molecular complexity index is 870. The van der Waals surface area contributed by atoms with Crippen LogP contribution in [-0.2, 0) is 0 Å². The standard InChI is InChI=1S/C14H11N5O3/c1-9-16-17-13-8-10(6-7-18(9)13)14(20)15-11-2-4-12(5-3-11)19(21)22/h2-8H,1H3,(H,15,20). The number of benzene rings is 1. The van der Waals surface area contributed by atoms with E-state index < -0.39 is 4.92 Å². The van der Waals surface area contributed by atoms with Gasteiger partial charge >= 0.3 is 0 Å². The number of carbonyl (C=O) groups excluding carboxylic acids is 1. The van der Waals surface area contributed by atoms with Gasteiger partial charge in [0.2, 0.25) is 0 Å². The van der Waals surface area contributed by atoms with Crippen LogP contribution in [0.3, 0.4) is 0 Å². The average molecular weight is 297 g/mol. The summed E-state index contributed by atoms with van der Waals surface area (Å²) in [5, 5.41) is 21.1. The summed E-state index contributed by atoms with van der Waals surface area (Å²) in [5.41, 5.74) is 1.46. The number of non-ortho nitro benzene ring substituents is 1. The number of nitrogens with zero attached hydrogens (tertiary/aromatic N) is 4. The SMILES string of the molecule is Cc1nnc2cc(C(=O)Nc3ccc([N+](=O)[O-])cc3)ccn12. The minimum Gasteiger partial charge on any atom is -0.322 e. The van der Waals surface area contributed by atoms with Crippen molar-refractivity contribution in [2.24, 2.45) is 0 Å². The number of amides is 1. The number of aryl methyl sites for hydroxylation is 1. The molecule has 0 aliphatic heterocycles. The quantitative estimate of drug-likeness (QED) is 0.589. The molecule has 8 nitrogen and oxygen atoms in total. The predicted octanol–water partition coefficient (Wildman–Crippen LogP) is 2.20. The second-order valence-electron chi connectivity index (χ2n) is 4.65. The highest BCUT2D eigenvalue weighted by molar-refractivity contribution is 6.04. The second-order valence-corrected chi connectivity index (χ2v) is 4.65. The molecule has 0 saturated heterocycles.